The number of hydrogen-bond acceptors (Lipinski definition) is 4. The number of halogens is 1. The Morgan fingerprint density at radius 3 is 2.69 bits per heavy atom. The molecule has 0 saturated carbocycles. The van der Waals surface area contributed by atoms with E-state index in [1.165, 1.54) is 24.7 Å². The zero-order valence-corrected chi connectivity index (χ0v) is 14.2. The lowest BCUT2D eigenvalue weighted by molar-refractivity contribution is 0.0951. The molecule has 0 fully saturated rings. The zero-order valence-electron chi connectivity index (χ0n) is 14.2. The topological polar surface area (TPSA) is 100 Å². The van der Waals surface area contributed by atoms with Gasteiger partial charge in [-0.3, -0.25) is 14.7 Å². The summed E-state index contributed by atoms with van der Waals surface area (Å²) < 4.78 is 18.5. The number of aromatic nitrogens is 2. The summed E-state index contributed by atoms with van der Waals surface area (Å²) in [5.74, 6) is -1.50. The Morgan fingerprint density at radius 2 is 2.04 bits per heavy atom. The maximum Gasteiger partial charge on any atom is 0.258 e. The Bertz CT molecular complexity index is 928. The first-order chi connectivity index (χ1) is 12.5. The summed E-state index contributed by atoms with van der Waals surface area (Å²) in [6, 6.07) is 5.06. The maximum absolute atomic E-state index is 13.6. The summed E-state index contributed by atoms with van der Waals surface area (Å²) >= 11 is 0. The van der Waals surface area contributed by atoms with Gasteiger partial charge in [-0.05, 0) is 38.1 Å². The molecule has 0 saturated heterocycles. The maximum atomic E-state index is 13.6. The van der Waals surface area contributed by atoms with Crippen molar-refractivity contribution in [1.29, 1.82) is 0 Å². The molecule has 7 nitrogen and oxygen atoms in total. The summed E-state index contributed by atoms with van der Waals surface area (Å²) in [7, 11) is 0. The van der Waals surface area contributed by atoms with E-state index in [0.717, 1.165) is 29.1 Å². The summed E-state index contributed by atoms with van der Waals surface area (Å²) in [6.07, 6.45) is 2.61. The molecule has 0 aliphatic carbocycles. The van der Waals surface area contributed by atoms with Gasteiger partial charge in [0.25, 0.3) is 11.8 Å². The van der Waals surface area contributed by atoms with Crippen LogP contribution in [-0.4, -0.2) is 22.0 Å². The summed E-state index contributed by atoms with van der Waals surface area (Å²) in [5, 5.41) is 12.2. The molecule has 3 N–H and O–H groups in total. The Balaban J connectivity index is 1.78. The summed E-state index contributed by atoms with van der Waals surface area (Å²) in [6.45, 7) is 3.95. The van der Waals surface area contributed by atoms with Crippen molar-refractivity contribution in [3.05, 3.63) is 70.7 Å². The second-order valence-corrected chi connectivity index (χ2v) is 5.75. The average Bonchev–Trinajstić information content (AvgIpc) is 3.24. The highest BCUT2D eigenvalue weighted by atomic mass is 19.1. The van der Waals surface area contributed by atoms with Gasteiger partial charge in [0.05, 0.1) is 28.8 Å². The number of anilines is 1. The van der Waals surface area contributed by atoms with Gasteiger partial charge in [-0.2, -0.15) is 5.10 Å². The number of aromatic amines is 1. The number of H-pyrrole nitrogens is 1. The minimum atomic E-state index is -0.564. The number of benzene rings is 1. The van der Waals surface area contributed by atoms with Crippen LogP contribution in [0.15, 0.2) is 41.2 Å². The third-order valence-corrected chi connectivity index (χ3v) is 3.96. The molecule has 8 heteroatoms. The largest absolute Gasteiger partial charge is 0.472 e. The fraction of sp³-hybridized carbons (Fsp3) is 0.167. The van der Waals surface area contributed by atoms with Gasteiger partial charge in [-0.15, -0.1) is 0 Å². The molecular formula is C18H17FN4O3. The number of amides is 2. The SMILES string of the molecule is Cc1n[nH]c(C)c1CNC(=O)c1ccc(F)cc1NC(=O)c1ccoc1. The normalized spacial score (nSPS) is 10.6. The summed E-state index contributed by atoms with van der Waals surface area (Å²) in [4.78, 5) is 24.7. The van der Waals surface area contributed by atoms with E-state index < -0.39 is 17.6 Å². The first-order valence-electron chi connectivity index (χ1n) is 7.87. The Kier molecular flexibility index (Phi) is 4.83. The van der Waals surface area contributed by atoms with Gasteiger partial charge in [0, 0.05) is 17.8 Å². The van der Waals surface area contributed by atoms with Gasteiger partial charge >= 0.3 is 0 Å². The predicted molar refractivity (Wildman–Crippen MR) is 92.3 cm³/mol. The number of nitrogens with zero attached hydrogens (tertiary/aromatic N) is 1. The standard InChI is InChI=1S/C18H17FN4O3/c1-10-15(11(2)23-22-10)8-20-18(25)14-4-3-13(19)7-16(14)21-17(24)12-5-6-26-9-12/h3-7,9H,8H2,1-2H3,(H,20,25)(H,21,24)(H,22,23). The molecule has 3 rings (SSSR count). The molecule has 0 radical (unpaired) electrons. The molecule has 0 aliphatic rings. The van der Waals surface area contributed by atoms with Gasteiger partial charge in [-0.1, -0.05) is 0 Å². The van der Waals surface area contributed by atoms with Crippen molar-refractivity contribution in [2.24, 2.45) is 0 Å². The number of aryl methyl sites for hydroxylation is 2. The third kappa shape index (κ3) is 3.64. The molecule has 3 aromatic rings. The van der Waals surface area contributed by atoms with E-state index in [1.807, 2.05) is 13.8 Å². The third-order valence-electron chi connectivity index (χ3n) is 3.96. The molecule has 0 spiro atoms. The molecule has 134 valence electrons. The second-order valence-electron chi connectivity index (χ2n) is 5.75. The van der Waals surface area contributed by atoms with E-state index in [2.05, 4.69) is 20.8 Å². The fourth-order valence-electron chi connectivity index (χ4n) is 2.50. The zero-order chi connectivity index (χ0) is 18.7. The van der Waals surface area contributed by atoms with Gasteiger partial charge in [0.2, 0.25) is 0 Å². The smallest absolute Gasteiger partial charge is 0.258 e. The number of furan rings is 1. The van der Waals surface area contributed by atoms with Crippen molar-refractivity contribution in [3.8, 4) is 0 Å². The molecule has 0 atom stereocenters. The van der Waals surface area contributed by atoms with Crippen LogP contribution in [-0.2, 0) is 6.54 Å². The van der Waals surface area contributed by atoms with E-state index in [9.17, 15) is 14.0 Å². The van der Waals surface area contributed by atoms with Crippen LogP contribution < -0.4 is 10.6 Å². The van der Waals surface area contributed by atoms with Crippen molar-refractivity contribution in [2.45, 2.75) is 20.4 Å². The van der Waals surface area contributed by atoms with Crippen LogP contribution in [0.2, 0.25) is 0 Å². The van der Waals surface area contributed by atoms with Crippen LogP contribution in [0.1, 0.15) is 37.7 Å². The first kappa shape index (κ1) is 17.4. The van der Waals surface area contributed by atoms with Crippen LogP contribution >= 0.6 is 0 Å². The Morgan fingerprint density at radius 1 is 1.23 bits per heavy atom. The number of carbonyl (C=O) groups is 2. The molecule has 26 heavy (non-hydrogen) atoms. The van der Waals surface area contributed by atoms with Gasteiger partial charge < -0.3 is 15.1 Å². The van der Waals surface area contributed by atoms with Crippen molar-refractivity contribution in [1.82, 2.24) is 15.5 Å². The van der Waals surface area contributed by atoms with Crippen LogP contribution in [0, 0.1) is 19.7 Å². The Labute approximate surface area is 148 Å². The van der Waals surface area contributed by atoms with Gasteiger partial charge in [0.15, 0.2) is 0 Å². The van der Waals surface area contributed by atoms with Crippen molar-refractivity contribution >= 4 is 17.5 Å². The van der Waals surface area contributed by atoms with Crippen LogP contribution in [0.4, 0.5) is 10.1 Å². The lowest BCUT2D eigenvalue weighted by Gasteiger charge is -2.11. The lowest BCUT2D eigenvalue weighted by atomic mass is 10.1. The minimum Gasteiger partial charge on any atom is -0.472 e. The molecule has 0 aliphatic heterocycles. The molecule has 1 aromatic carbocycles. The molecule has 0 unspecified atom stereocenters. The van der Waals surface area contributed by atoms with Crippen molar-refractivity contribution in [2.75, 3.05) is 5.32 Å². The van der Waals surface area contributed by atoms with E-state index >= 15 is 0 Å². The van der Waals surface area contributed by atoms with Crippen molar-refractivity contribution < 1.29 is 18.4 Å². The van der Waals surface area contributed by atoms with E-state index in [-0.39, 0.29) is 23.4 Å². The Hall–Kier alpha value is -3.42. The fourth-order valence-corrected chi connectivity index (χ4v) is 2.50. The number of carbonyl (C=O) groups excluding carboxylic acids is 2. The molecule has 2 amide bonds. The molecule has 2 aromatic heterocycles. The van der Waals surface area contributed by atoms with Crippen LogP contribution in [0.25, 0.3) is 0 Å². The highest BCUT2D eigenvalue weighted by molar-refractivity contribution is 6.08. The van der Waals surface area contributed by atoms with Crippen molar-refractivity contribution in [3.63, 3.8) is 0 Å². The molecule has 2 heterocycles. The summed E-state index contributed by atoms with van der Waals surface area (Å²) in [5.41, 5.74) is 3.02. The highest BCUT2D eigenvalue weighted by Crippen LogP contribution is 2.19. The quantitative estimate of drug-likeness (QED) is 0.654. The molecular weight excluding hydrogens is 339 g/mol. The number of hydrogen-bond donors (Lipinski definition) is 3. The minimum absolute atomic E-state index is 0.0781. The molecule has 0 bridgehead atoms. The van der Waals surface area contributed by atoms with E-state index in [1.54, 1.807) is 0 Å². The van der Waals surface area contributed by atoms with Crippen LogP contribution in [0.3, 0.4) is 0 Å². The number of nitrogens with one attached hydrogen (secondary N) is 3. The highest BCUT2D eigenvalue weighted by Gasteiger charge is 2.17. The second kappa shape index (κ2) is 7.22. The number of rotatable bonds is 5. The average molecular weight is 356 g/mol. The van der Waals surface area contributed by atoms with Crippen LogP contribution in [0.5, 0.6) is 0 Å². The monoisotopic (exact) mass is 356 g/mol. The van der Waals surface area contributed by atoms with E-state index in [0.29, 0.717) is 0 Å². The van der Waals surface area contributed by atoms with Gasteiger partial charge in [-0.25, -0.2) is 4.39 Å². The van der Waals surface area contributed by atoms with Gasteiger partial charge in [0.1, 0.15) is 12.1 Å². The first-order valence-corrected chi connectivity index (χ1v) is 7.87. The predicted octanol–water partition coefficient (Wildman–Crippen LogP) is 2.94. The lowest BCUT2D eigenvalue weighted by Crippen LogP contribution is -2.25. The van der Waals surface area contributed by atoms with E-state index in [4.69, 9.17) is 4.42 Å².